The second kappa shape index (κ2) is 4.10. The van der Waals surface area contributed by atoms with Gasteiger partial charge in [-0.1, -0.05) is 25.5 Å². The summed E-state index contributed by atoms with van der Waals surface area (Å²) < 4.78 is 0. The summed E-state index contributed by atoms with van der Waals surface area (Å²) in [4.78, 5) is 0. The maximum Gasteiger partial charge on any atom is 0.0686 e. The van der Waals surface area contributed by atoms with Gasteiger partial charge in [-0.2, -0.15) is 0 Å². The van der Waals surface area contributed by atoms with E-state index in [0.29, 0.717) is 5.92 Å². The van der Waals surface area contributed by atoms with Crippen LogP contribution >= 0.6 is 0 Å². The Hall–Kier alpha value is -0.340. The predicted octanol–water partition coefficient (Wildman–Crippen LogP) is 2.89. The van der Waals surface area contributed by atoms with Gasteiger partial charge >= 0.3 is 0 Å². The van der Waals surface area contributed by atoms with Crippen molar-refractivity contribution in [3.63, 3.8) is 0 Å². The zero-order valence-electron chi connectivity index (χ0n) is 11.5. The van der Waals surface area contributed by atoms with Gasteiger partial charge in [-0.15, -0.1) is 0 Å². The number of rotatable bonds is 1. The standard InChI is InChI=1S/C15H26O2/c1-10(2)11-5-7-14(3,16)12-6-8-15(4,17)13(12)9-11/h9-10,12-13,16-17H,5-8H2,1-4H3/t12-,13+,14-,15-/m1/s1. The van der Waals surface area contributed by atoms with Gasteiger partial charge in [0, 0.05) is 5.92 Å². The minimum Gasteiger partial charge on any atom is -0.390 e. The molecule has 0 aromatic carbocycles. The Balaban J connectivity index is 2.37. The second-order valence-corrected chi connectivity index (χ2v) is 6.78. The molecule has 98 valence electrons. The quantitative estimate of drug-likeness (QED) is 0.690. The fourth-order valence-electron chi connectivity index (χ4n) is 3.60. The SMILES string of the molecule is CC(C)C1=C[C@H]2[C@@H](CC[C@@]2(C)O)[C@](C)(O)CC1. The minimum absolute atomic E-state index is 0.123. The first kappa shape index (κ1) is 13.1. The Morgan fingerprint density at radius 1 is 1.18 bits per heavy atom. The molecular formula is C15H26O2. The van der Waals surface area contributed by atoms with Crippen LogP contribution in [-0.2, 0) is 0 Å². The second-order valence-electron chi connectivity index (χ2n) is 6.78. The van der Waals surface area contributed by atoms with E-state index in [4.69, 9.17) is 0 Å². The summed E-state index contributed by atoms with van der Waals surface area (Å²) in [6.07, 6.45) is 5.80. The molecule has 0 spiro atoms. The highest BCUT2D eigenvalue weighted by Crippen LogP contribution is 2.50. The Labute approximate surface area is 105 Å². The lowest BCUT2D eigenvalue weighted by Crippen LogP contribution is -2.40. The van der Waals surface area contributed by atoms with Crippen LogP contribution in [0.15, 0.2) is 11.6 Å². The van der Waals surface area contributed by atoms with E-state index in [1.54, 1.807) is 0 Å². The molecule has 1 saturated carbocycles. The van der Waals surface area contributed by atoms with Crippen molar-refractivity contribution in [1.29, 1.82) is 0 Å². The summed E-state index contributed by atoms with van der Waals surface area (Å²) in [7, 11) is 0. The predicted molar refractivity (Wildman–Crippen MR) is 69.6 cm³/mol. The van der Waals surface area contributed by atoms with Gasteiger partial charge in [0.2, 0.25) is 0 Å². The first-order valence-corrected chi connectivity index (χ1v) is 6.89. The van der Waals surface area contributed by atoms with E-state index in [0.717, 1.165) is 25.7 Å². The maximum absolute atomic E-state index is 10.6. The molecule has 0 heterocycles. The van der Waals surface area contributed by atoms with E-state index in [1.165, 1.54) is 5.57 Å². The summed E-state index contributed by atoms with van der Waals surface area (Å²) in [5.74, 6) is 0.854. The summed E-state index contributed by atoms with van der Waals surface area (Å²) in [6, 6.07) is 0. The molecule has 0 radical (unpaired) electrons. The highest BCUT2D eigenvalue weighted by Gasteiger charge is 2.50. The van der Waals surface area contributed by atoms with Gasteiger partial charge in [-0.05, 0) is 51.4 Å². The molecule has 0 bridgehead atoms. The zero-order chi connectivity index (χ0) is 12.8. The average molecular weight is 238 g/mol. The molecule has 2 N–H and O–H groups in total. The highest BCUT2D eigenvalue weighted by molar-refractivity contribution is 5.19. The van der Waals surface area contributed by atoms with Gasteiger partial charge < -0.3 is 10.2 Å². The molecule has 2 nitrogen and oxygen atoms in total. The van der Waals surface area contributed by atoms with Crippen LogP contribution in [0, 0.1) is 17.8 Å². The van der Waals surface area contributed by atoms with Crippen molar-refractivity contribution in [2.75, 3.05) is 0 Å². The molecule has 1 fully saturated rings. The number of hydrogen-bond donors (Lipinski definition) is 2. The minimum atomic E-state index is -0.640. The molecule has 2 rings (SSSR count). The van der Waals surface area contributed by atoms with Crippen LogP contribution < -0.4 is 0 Å². The lowest BCUT2D eigenvalue weighted by Gasteiger charge is -2.34. The van der Waals surface area contributed by atoms with E-state index >= 15 is 0 Å². The molecule has 0 unspecified atom stereocenters. The van der Waals surface area contributed by atoms with Gasteiger partial charge in [-0.3, -0.25) is 0 Å². The van der Waals surface area contributed by atoms with Gasteiger partial charge in [0.25, 0.3) is 0 Å². The van der Waals surface area contributed by atoms with E-state index < -0.39 is 11.2 Å². The summed E-state index contributed by atoms with van der Waals surface area (Å²) in [6.45, 7) is 8.27. The van der Waals surface area contributed by atoms with Gasteiger partial charge in [-0.25, -0.2) is 0 Å². The average Bonchev–Trinajstić information content (AvgIpc) is 2.39. The Morgan fingerprint density at radius 3 is 2.41 bits per heavy atom. The first-order valence-electron chi connectivity index (χ1n) is 6.89. The van der Waals surface area contributed by atoms with Crippen molar-refractivity contribution in [2.45, 2.75) is 64.6 Å². The summed E-state index contributed by atoms with van der Waals surface area (Å²) in [5, 5.41) is 21.1. The van der Waals surface area contributed by atoms with Crippen LogP contribution in [-0.4, -0.2) is 21.4 Å². The topological polar surface area (TPSA) is 40.5 Å². The monoisotopic (exact) mass is 238 g/mol. The molecule has 0 aliphatic heterocycles. The van der Waals surface area contributed by atoms with E-state index in [9.17, 15) is 10.2 Å². The molecule has 2 heteroatoms. The largest absolute Gasteiger partial charge is 0.390 e. The van der Waals surface area contributed by atoms with Crippen LogP contribution in [0.5, 0.6) is 0 Å². The van der Waals surface area contributed by atoms with Crippen molar-refractivity contribution >= 4 is 0 Å². The van der Waals surface area contributed by atoms with Crippen molar-refractivity contribution < 1.29 is 10.2 Å². The smallest absolute Gasteiger partial charge is 0.0686 e. The van der Waals surface area contributed by atoms with Gasteiger partial charge in [0.15, 0.2) is 0 Å². The molecular weight excluding hydrogens is 212 g/mol. The molecule has 0 amide bonds. The van der Waals surface area contributed by atoms with Crippen LogP contribution in [0.1, 0.15) is 53.4 Å². The van der Waals surface area contributed by atoms with E-state index in [-0.39, 0.29) is 11.8 Å². The van der Waals surface area contributed by atoms with Crippen molar-refractivity contribution in [2.24, 2.45) is 17.8 Å². The first-order chi connectivity index (χ1) is 7.74. The summed E-state index contributed by atoms with van der Waals surface area (Å²) >= 11 is 0. The molecule has 0 aromatic rings. The molecule has 0 aromatic heterocycles. The third-order valence-electron chi connectivity index (χ3n) is 4.97. The highest BCUT2D eigenvalue weighted by atomic mass is 16.3. The molecule has 0 saturated heterocycles. The van der Waals surface area contributed by atoms with Crippen molar-refractivity contribution in [3.05, 3.63) is 11.6 Å². The Morgan fingerprint density at radius 2 is 1.82 bits per heavy atom. The van der Waals surface area contributed by atoms with E-state index in [1.807, 2.05) is 13.8 Å². The third kappa shape index (κ3) is 2.30. The van der Waals surface area contributed by atoms with Crippen LogP contribution in [0.25, 0.3) is 0 Å². The summed E-state index contributed by atoms with van der Waals surface area (Å²) in [5.41, 5.74) is 0.136. The third-order valence-corrected chi connectivity index (χ3v) is 4.97. The molecule has 2 aliphatic carbocycles. The van der Waals surface area contributed by atoms with Crippen molar-refractivity contribution in [3.8, 4) is 0 Å². The van der Waals surface area contributed by atoms with Crippen LogP contribution in [0.3, 0.4) is 0 Å². The fourth-order valence-corrected chi connectivity index (χ4v) is 3.60. The number of allylic oxidation sites excluding steroid dienone is 1. The normalized spacial score (nSPS) is 46.6. The molecule has 4 atom stereocenters. The lowest BCUT2D eigenvalue weighted by molar-refractivity contribution is -0.0419. The molecule has 2 aliphatic rings. The Kier molecular flexibility index (Phi) is 3.16. The number of hydrogen-bond acceptors (Lipinski definition) is 2. The number of fused-ring (bicyclic) bond motifs is 1. The van der Waals surface area contributed by atoms with Gasteiger partial charge in [0.1, 0.15) is 0 Å². The Bertz CT molecular complexity index is 326. The van der Waals surface area contributed by atoms with Crippen LogP contribution in [0.4, 0.5) is 0 Å². The molecule has 17 heavy (non-hydrogen) atoms. The van der Waals surface area contributed by atoms with Crippen LogP contribution in [0.2, 0.25) is 0 Å². The van der Waals surface area contributed by atoms with Crippen molar-refractivity contribution in [1.82, 2.24) is 0 Å². The lowest BCUT2D eigenvalue weighted by atomic mass is 9.77. The fraction of sp³-hybridized carbons (Fsp3) is 0.867. The maximum atomic E-state index is 10.6. The van der Waals surface area contributed by atoms with Gasteiger partial charge in [0.05, 0.1) is 11.2 Å². The zero-order valence-corrected chi connectivity index (χ0v) is 11.5. The number of aliphatic hydroxyl groups is 2. The van der Waals surface area contributed by atoms with E-state index in [2.05, 4.69) is 19.9 Å².